The van der Waals surface area contributed by atoms with Gasteiger partial charge in [-0.2, -0.15) is 0 Å². The highest BCUT2D eigenvalue weighted by molar-refractivity contribution is 5.75. The highest BCUT2D eigenvalue weighted by Crippen LogP contribution is 2.38. The first kappa shape index (κ1) is 29.2. The molecule has 0 aliphatic heterocycles. The van der Waals surface area contributed by atoms with E-state index in [-0.39, 0.29) is 0 Å². The number of hydrogen-bond donors (Lipinski definition) is 0. The van der Waals surface area contributed by atoms with Crippen LogP contribution >= 0.6 is 0 Å². The third-order valence-corrected chi connectivity index (χ3v) is 7.98. The molecule has 0 spiro atoms. The van der Waals surface area contributed by atoms with Gasteiger partial charge in [-0.3, -0.25) is 4.98 Å². The minimum absolute atomic E-state index is 0.802. The molecular formula is C36H49NO2. The van der Waals surface area contributed by atoms with Gasteiger partial charge in [0.1, 0.15) is 11.5 Å². The summed E-state index contributed by atoms with van der Waals surface area (Å²) in [4.78, 5) is 4.98. The Morgan fingerprint density at radius 1 is 0.564 bits per heavy atom. The van der Waals surface area contributed by atoms with Crippen molar-refractivity contribution in [2.24, 2.45) is 0 Å². The SMILES string of the molecule is CCCCCCCCOc1ccc(-c2cnc(-c3ccc(OCCCCCCCC)cc3)c3c2CCC3)cc1. The van der Waals surface area contributed by atoms with Crippen LogP contribution in [0.2, 0.25) is 0 Å². The number of nitrogens with zero attached hydrogens (tertiary/aromatic N) is 1. The van der Waals surface area contributed by atoms with Gasteiger partial charge in [0.2, 0.25) is 0 Å². The third kappa shape index (κ3) is 8.85. The van der Waals surface area contributed by atoms with Gasteiger partial charge >= 0.3 is 0 Å². The monoisotopic (exact) mass is 527 g/mol. The Hall–Kier alpha value is -2.81. The maximum absolute atomic E-state index is 6.01. The summed E-state index contributed by atoms with van der Waals surface area (Å²) in [6.07, 6.45) is 20.9. The van der Waals surface area contributed by atoms with E-state index in [0.717, 1.165) is 56.1 Å². The fourth-order valence-corrected chi connectivity index (χ4v) is 5.67. The summed E-state index contributed by atoms with van der Waals surface area (Å²) in [6, 6.07) is 17.2. The quantitative estimate of drug-likeness (QED) is 0.154. The minimum Gasteiger partial charge on any atom is -0.494 e. The standard InChI is InChI=1S/C36H49NO2/c1-3-5-7-9-11-13-26-38-31-22-18-29(19-23-31)35-28-37-36(34-17-15-16-33(34)35)30-20-24-32(25-21-30)39-27-14-12-10-8-6-4-2/h18-25,28H,3-17,26-27H2,1-2H3. The van der Waals surface area contributed by atoms with Crippen LogP contribution in [-0.2, 0) is 12.8 Å². The van der Waals surface area contributed by atoms with Gasteiger partial charge in [0.25, 0.3) is 0 Å². The normalized spacial score (nSPS) is 12.5. The Labute approximate surface area is 237 Å². The molecule has 1 heterocycles. The molecule has 1 aliphatic rings. The zero-order valence-electron chi connectivity index (χ0n) is 24.5. The van der Waals surface area contributed by atoms with Crippen LogP contribution in [-0.4, -0.2) is 18.2 Å². The van der Waals surface area contributed by atoms with Crippen LogP contribution in [0.1, 0.15) is 108 Å². The Balaban J connectivity index is 1.32. The lowest BCUT2D eigenvalue weighted by atomic mass is 9.95. The molecule has 0 atom stereocenters. The molecule has 0 unspecified atom stereocenters. The molecule has 4 rings (SSSR count). The van der Waals surface area contributed by atoms with E-state index in [1.165, 1.54) is 98.4 Å². The Morgan fingerprint density at radius 3 is 1.62 bits per heavy atom. The van der Waals surface area contributed by atoms with Crippen molar-refractivity contribution in [3.8, 4) is 33.9 Å². The largest absolute Gasteiger partial charge is 0.494 e. The molecule has 1 aromatic heterocycles. The summed E-state index contributed by atoms with van der Waals surface area (Å²) in [5.41, 5.74) is 7.70. The smallest absolute Gasteiger partial charge is 0.119 e. The predicted molar refractivity (Wildman–Crippen MR) is 165 cm³/mol. The Morgan fingerprint density at radius 2 is 1.05 bits per heavy atom. The second-order valence-corrected chi connectivity index (χ2v) is 11.1. The van der Waals surface area contributed by atoms with Crippen LogP contribution < -0.4 is 9.47 Å². The maximum Gasteiger partial charge on any atom is 0.119 e. The molecular weight excluding hydrogens is 478 g/mol. The summed E-state index contributed by atoms with van der Waals surface area (Å²) >= 11 is 0. The lowest BCUT2D eigenvalue weighted by Gasteiger charge is -2.14. The van der Waals surface area contributed by atoms with Crippen molar-refractivity contribution in [1.29, 1.82) is 0 Å². The van der Waals surface area contributed by atoms with E-state index in [1.807, 2.05) is 0 Å². The second kappa shape index (κ2) is 16.3. The molecule has 210 valence electrons. The summed E-state index contributed by atoms with van der Waals surface area (Å²) in [6.45, 7) is 6.13. The van der Waals surface area contributed by atoms with Crippen LogP contribution in [0.3, 0.4) is 0 Å². The molecule has 0 radical (unpaired) electrons. The number of pyridine rings is 1. The first-order chi connectivity index (χ1) is 19.3. The van der Waals surface area contributed by atoms with Crippen LogP contribution in [0.5, 0.6) is 11.5 Å². The number of aromatic nitrogens is 1. The number of fused-ring (bicyclic) bond motifs is 1. The number of benzene rings is 2. The van der Waals surface area contributed by atoms with Gasteiger partial charge in [0.15, 0.2) is 0 Å². The van der Waals surface area contributed by atoms with E-state index in [0.29, 0.717) is 0 Å². The molecule has 0 amide bonds. The van der Waals surface area contributed by atoms with Crippen molar-refractivity contribution in [2.75, 3.05) is 13.2 Å². The molecule has 0 saturated heterocycles. The zero-order valence-corrected chi connectivity index (χ0v) is 24.5. The zero-order chi connectivity index (χ0) is 27.1. The van der Waals surface area contributed by atoms with Crippen molar-refractivity contribution >= 4 is 0 Å². The van der Waals surface area contributed by atoms with Crippen molar-refractivity contribution in [3.63, 3.8) is 0 Å². The molecule has 39 heavy (non-hydrogen) atoms. The fraction of sp³-hybridized carbons (Fsp3) is 0.528. The van der Waals surface area contributed by atoms with Gasteiger partial charge in [-0.1, -0.05) is 90.2 Å². The fourth-order valence-electron chi connectivity index (χ4n) is 5.67. The predicted octanol–water partition coefficient (Wildman–Crippen LogP) is 10.4. The number of hydrogen-bond acceptors (Lipinski definition) is 3. The molecule has 3 aromatic rings. The summed E-state index contributed by atoms with van der Waals surface area (Å²) in [5, 5.41) is 0. The molecule has 3 nitrogen and oxygen atoms in total. The molecule has 2 aromatic carbocycles. The van der Waals surface area contributed by atoms with Gasteiger partial charge in [0, 0.05) is 17.3 Å². The third-order valence-electron chi connectivity index (χ3n) is 7.98. The van der Waals surface area contributed by atoms with Crippen molar-refractivity contribution in [1.82, 2.24) is 4.98 Å². The number of unbranched alkanes of at least 4 members (excludes halogenated alkanes) is 10. The van der Waals surface area contributed by atoms with Gasteiger partial charge < -0.3 is 9.47 Å². The van der Waals surface area contributed by atoms with Crippen LogP contribution in [0, 0.1) is 0 Å². The molecule has 3 heteroatoms. The lowest BCUT2D eigenvalue weighted by molar-refractivity contribution is 0.304. The molecule has 0 saturated carbocycles. The summed E-state index contributed by atoms with van der Waals surface area (Å²) in [7, 11) is 0. The van der Waals surface area contributed by atoms with Crippen LogP contribution in [0.4, 0.5) is 0 Å². The van der Waals surface area contributed by atoms with Crippen LogP contribution in [0.15, 0.2) is 54.7 Å². The second-order valence-electron chi connectivity index (χ2n) is 11.1. The van der Waals surface area contributed by atoms with Crippen molar-refractivity contribution in [2.45, 2.75) is 110 Å². The van der Waals surface area contributed by atoms with Gasteiger partial charge in [-0.25, -0.2) is 0 Å². The van der Waals surface area contributed by atoms with E-state index >= 15 is 0 Å². The van der Waals surface area contributed by atoms with Gasteiger partial charge in [-0.15, -0.1) is 0 Å². The van der Waals surface area contributed by atoms with E-state index in [2.05, 4.69) is 68.6 Å². The van der Waals surface area contributed by atoms with Gasteiger partial charge in [-0.05, 0) is 85.2 Å². The van der Waals surface area contributed by atoms with Gasteiger partial charge in [0.05, 0.1) is 18.9 Å². The van der Waals surface area contributed by atoms with E-state index in [4.69, 9.17) is 14.5 Å². The lowest BCUT2D eigenvalue weighted by Crippen LogP contribution is -1.99. The molecule has 0 N–H and O–H groups in total. The molecule has 0 bridgehead atoms. The average molecular weight is 528 g/mol. The van der Waals surface area contributed by atoms with E-state index in [1.54, 1.807) is 0 Å². The first-order valence-electron chi connectivity index (χ1n) is 15.8. The Kier molecular flexibility index (Phi) is 12.2. The van der Waals surface area contributed by atoms with E-state index in [9.17, 15) is 0 Å². The van der Waals surface area contributed by atoms with Crippen molar-refractivity contribution in [3.05, 3.63) is 65.9 Å². The first-order valence-corrected chi connectivity index (χ1v) is 15.8. The molecule has 1 aliphatic carbocycles. The average Bonchev–Trinajstić information content (AvgIpc) is 3.47. The highest BCUT2D eigenvalue weighted by Gasteiger charge is 2.21. The molecule has 0 fully saturated rings. The highest BCUT2D eigenvalue weighted by atomic mass is 16.5. The maximum atomic E-state index is 6.01. The topological polar surface area (TPSA) is 31.4 Å². The summed E-state index contributed by atoms with van der Waals surface area (Å²) in [5.74, 6) is 1.92. The van der Waals surface area contributed by atoms with E-state index < -0.39 is 0 Å². The van der Waals surface area contributed by atoms with Crippen molar-refractivity contribution < 1.29 is 9.47 Å². The summed E-state index contributed by atoms with van der Waals surface area (Å²) < 4.78 is 12.0. The number of rotatable bonds is 18. The van der Waals surface area contributed by atoms with Crippen LogP contribution in [0.25, 0.3) is 22.4 Å². The Bertz CT molecular complexity index is 1020. The number of ether oxygens (including phenoxy) is 2. The minimum atomic E-state index is 0.802.